The van der Waals surface area contributed by atoms with Crippen molar-refractivity contribution in [3.63, 3.8) is 0 Å². The Morgan fingerprint density at radius 3 is 2.00 bits per heavy atom. The fourth-order valence-corrected chi connectivity index (χ4v) is 4.28. The van der Waals surface area contributed by atoms with E-state index in [1.54, 1.807) is 6.92 Å². The summed E-state index contributed by atoms with van der Waals surface area (Å²) in [5.74, 6) is -0.350. The molecule has 0 aromatic heterocycles. The van der Waals surface area contributed by atoms with Crippen LogP contribution in [-0.2, 0) is 19.1 Å². The zero-order valence-electron chi connectivity index (χ0n) is 15.3. The number of ether oxygens (including phenoxy) is 2. The third-order valence-electron chi connectivity index (χ3n) is 5.97. The van der Waals surface area contributed by atoms with Crippen LogP contribution in [0.1, 0.15) is 78.1 Å². The maximum Gasteiger partial charge on any atom is 0.333 e. The fourth-order valence-electron chi connectivity index (χ4n) is 4.28. The van der Waals surface area contributed by atoms with E-state index in [2.05, 4.69) is 13.5 Å². The largest absolute Gasteiger partial charge is 0.465 e. The van der Waals surface area contributed by atoms with Crippen molar-refractivity contribution in [1.82, 2.24) is 0 Å². The van der Waals surface area contributed by atoms with E-state index >= 15 is 0 Å². The van der Waals surface area contributed by atoms with Crippen LogP contribution < -0.4 is 0 Å². The normalized spacial score (nSPS) is 28.4. The second-order valence-electron chi connectivity index (χ2n) is 7.79. The van der Waals surface area contributed by atoms with Crippen molar-refractivity contribution in [3.8, 4) is 0 Å². The lowest BCUT2D eigenvalue weighted by Crippen LogP contribution is -2.46. The first-order valence-corrected chi connectivity index (χ1v) is 9.43. The average Bonchev–Trinajstić information content (AvgIpc) is 2.59. The number of unbranched alkanes of at least 4 members (excludes halogenated alkanes) is 1. The predicted octanol–water partition coefficient (Wildman–Crippen LogP) is 4.57. The van der Waals surface area contributed by atoms with Crippen LogP contribution in [0.15, 0.2) is 12.2 Å². The molecule has 0 heterocycles. The van der Waals surface area contributed by atoms with E-state index in [1.807, 2.05) is 0 Å². The second kappa shape index (κ2) is 8.17. The number of esters is 2. The SMILES string of the molecule is C=C(C)C(=O)OCCCCOC(=O)C12CCC(CCC)(CC1)CC2. The quantitative estimate of drug-likeness (QED) is 0.351. The summed E-state index contributed by atoms with van der Waals surface area (Å²) in [4.78, 5) is 23.8. The van der Waals surface area contributed by atoms with Gasteiger partial charge in [-0.2, -0.15) is 0 Å². The Labute approximate surface area is 146 Å². The Kier molecular flexibility index (Phi) is 6.47. The van der Waals surface area contributed by atoms with Gasteiger partial charge in [0.05, 0.1) is 18.6 Å². The van der Waals surface area contributed by atoms with Gasteiger partial charge in [-0.3, -0.25) is 4.79 Å². The van der Waals surface area contributed by atoms with Crippen LogP contribution >= 0.6 is 0 Å². The topological polar surface area (TPSA) is 52.6 Å². The highest BCUT2D eigenvalue weighted by molar-refractivity contribution is 5.86. The highest BCUT2D eigenvalue weighted by Gasteiger charge is 2.52. The molecule has 3 fully saturated rings. The van der Waals surface area contributed by atoms with Gasteiger partial charge in [-0.1, -0.05) is 19.9 Å². The summed E-state index contributed by atoms with van der Waals surface area (Å²) < 4.78 is 10.6. The first kappa shape index (κ1) is 19.0. The number of hydrogen-bond donors (Lipinski definition) is 0. The van der Waals surface area contributed by atoms with Gasteiger partial charge in [0.2, 0.25) is 0 Å². The van der Waals surface area contributed by atoms with Crippen molar-refractivity contribution in [2.75, 3.05) is 13.2 Å². The zero-order valence-corrected chi connectivity index (χ0v) is 15.3. The Hall–Kier alpha value is -1.32. The van der Waals surface area contributed by atoms with Gasteiger partial charge in [-0.05, 0) is 70.1 Å². The van der Waals surface area contributed by atoms with Crippen molar-refractivity contribution in [3.05, 3.63) is 12.2 Å². The number of carbonyl (C=O) groups is 2. The molecule has 0 atom stereocenters. The van der Waals surface area contributed by atoms with Gasteiger partial charge in [-0.15, -0.1) is 0 Å². The molecule has 0 unspecified atom stereocenters. The van der Waals surface area contributed by atoms with Gasteiger partial charge in [0.15, 0.2) is 0 Å². The molecule has 0 aliphatic heterocycles. The molecule has 0 aromatic carbocycles. The molecule has 0 aromatic rings. The minimum Gasteiger partial charge on any atom is -0.465 e. The molecular formula is C20H32O4. The average molecular weight is 336 g/mol. The lowest BCUT2D eigenvalue weighted by atomic mass is 9.52. The van der Waals surface area contributed by atoms with Crippen LogP contribution in [0.5, 0.6) is 0 Å². The summed E-state index contributed by atoms with van der Waals surface area (Å²) in [7, 11) is 0. The van der Waals surface area contributed by atoms with Gasteiger partial charge >= 0.3 is 11.9 Å². The van der Waals surface area contributed by atoms with E-state index in [9.17, 15) is 9.59 Å². The van der Waals surface area contributed by atoms with Crippen molar-refractivity contribution >= 4 is 11.9 Å². The predicted molar refractivity (Wildman–Crippen MR) is 93.4 cm³/mol. The maximum atomic E-state index is 12.5. The van der Waals surface area contributed by atoms with Gasteiger partial charge in [0.25, 0.3) is 0 Å². The monoisotopic (exact) mass is 336 g/mol. The highest BCUT2D eigenvalue weighted by Crippen LogP contribution is 2.59. The number of rotatable bonds is 9. The Balaban J connectivity index is 1.65. The van der Waals surface area contributed by atoms with Gasteiger partial charge in [0.1, 0.15) is 0 Å². The molecule has 3 aliphatic carbocycles. The maximum absolute atomic E-state index is 12.5. The van der Waals surface area contributed by atoms with Gasteiger partial charge in [-0.25, -0.2) is 4.79 Å². The van der Waals surface area contributed by atoms with E-state index in [0.717, 1.165) is 25.7 Å². The highest BCUT2D eigenvalue weighted by atomic mass is 16.5. The summed E-state index contributed by atoms with van der Waals surface area (Å²) in [5.41, 5.74) is 0.723. The first-order chi connectivity index (χ1) is 11.4. The molecule has 2 bridgehead atoms. The number of hydrogen-bond acceptors (Lipinski definition) is 4. The summed E-state index contributed by atoms with van der Waals surface area (Å²) in [5, 5.41) is 0. The molecule has 4 nitrogen and oxygen atoms in total. The molecular weight excluding hydrogens is 304 g/mol. The van der Waals surface area contributed by atoms with E-state index in [4.69, 9.17) is 9.47 Å². The molecule has 136 valence electrons. The van der Waals surface area contributed by atoms with E-state index in [1.165, 1.54) is 32.1 Å². The fraction of sp³-hybridized carbons (Fsp3) is 0.800. The molecule has 0 amide bonds. The Bertz CT molecular complexity index is 456. The zero-order chi connectivity index (χ0) is 17.6. The molecule has 24 heavy (non-hydrogen) atoms. The number of carbonyl (C=O) groups excluding carboxylic acids is 2. The van der Waals surface area contributed by atoms with E-state index in [-0.39, 0.29) is 17.4 Å². The van der Waals surface area contributed by atoms with Gasteiger partial charge in [0, 0.05) is 5.57 Å². The van der Waals surface area contributed by atoms with Crippen molar-refractivity contribution in [2.24, 2.45) is 10.8 Å². The summed E-state index contributed by atoms with van der Waals surface area (Å²) in [6.45, 7) is 8.20. The first-order valence-electron chi connectivity index (χ1n) is 9.43. The minimum atomic E-state index is -0.356. The summed E-state index contributed by atoms with van der Waals surface area (Å²) in [6.07, 6.45) is 10.6. The molecule has 3 saturated carbocycles. The lowest BCUT2D eigenvalue weighted by Gasteiger charge is -2.52. The smallest absolute Gasteiger partial charge is 0.333 e. The van der Waals surface area contributed by atoms with Crippen LogP contribution in [0.3, 0.4) is 0 Å². The summed E-state index contributed by atoms with van der Waals surface area (Å²) in [6, 6.07) is 0. The van der Waals surface area contributed by atoms with Crippen molar-refractivity contribution in [2.45, 2.75) is 78.1 Å². The second-order valence-corrected chi connectivity index (χ2v) is 7.79. The van der Waals surface area contributed by atoms with E-state index < -0.39 is 0 Å². The third kappa shape index (κ3) is 4.40. The molecule has 0 radical (unpaired) electrons. The standard InChI is InChI=1S/C20H32O4/c1-4-7-19-8-11-20(12-9-19,13-10-19)18(22)24-15-6-5-14-23-17(21)16(2)3/h2,4-15H2,1,3H3. The minimum absolute atomic E-state index is 0.00577. The lowest BCUT2D eigenvalue weighted by molar-refractivity contribution is -0.166. The third-order valence-corrected chi connectivity index (χ3v) is 5.97. The molecule has 0 saturated heterocycles. The Morgan fingerprint density at radius 1 is 0.958 bits per heavy atom. The van der Waals surface area contributed by atoms with Gasteiger partial charge < -0.3 is 9.47 Å². The van der Waals surface area contributed by atoms with Crippen molar-refractivity contribution in [1.29, 1.82) is 0 Å². The molecule has 0 N–H and O–H groups in total. The van der Waals surface area contributed by atoms with Crippen molar-refractivity contribution < 1.29 is 19.1 Å². The van der Waals surface area contributed by atoms with Crippen LogP contribution in [0.2, 0.25) is 0 Å². The molecule has 0 spiro atoms. The van der Waals surface area contributed by atoms with Crippen LogP contribution in [0, 0.1) is 10.8 Å². The van der Waals surface area contributed by atoms with E-state index in [0.29, 0.717) is 30.6 Å². The molecule has 4 heteroatoms. The molecule has 3 aliphatic rings. The number of fused-ring (bicyclic) bond motifs is 3. The molecule has 3 rings (SSSR count). The Morgan fingerprint density at radius 2 is 1.50 bits per heavy atom. The summed E-state index contributed by atoms with van der Waals surface area (Å²) >= 11 is 0. The van der Waals surface area contributed by atoms with Crippen LogP contribution in [0.25, 0.3) is 0 Å². The van der Waals surface area contributed by atoms with Crippen LogP contribution in [0.4, 0.5) is 0 Å². The van der Waals surface area contributed by atoms with Crippen LogP contribution in [-0.4, -0.2) is 25.2 Å².